The van der Waals surface area contributed by atoms with Crippen molar-refractivity contribution in [1.29, 1.82) is 0 Å². The number of hydrogen-bond donors (Lipinski definition) is 0. The van der Waals surface area contributed by atoms with Crippen molar-refractivity contribution >= 4 is 29.8 Å². The second-order valence-electron chi connectivity index (χ2n) is 7.87. The summed E-state index contributed by atoms with van der Waals surface area (Å²) in [6.45, 7) is 11.0. The molecule has 1 aliphatic rings. The van der Waals surface area contributed by atoms with Crippen molar-refractivity contribution in [2.24, 2.45) is 0 Å². The Bertz CT molecular complexity index is 810. The van der Waals surface area contributed by atoms with Crippen LogP contribution in [0.2, 0.25) is 25.7 Å². The van der Waals surface area contributed by atoms with Gasteiger partial charge in [-0.1, -0.05) is 26.6 Å². The molecule has 1 fully saturated rings. The van der Waals surface area contributed by atoms with Crippen molar-refractivity contribution in [3.63, 3.8) is 0 Å². The number of epoxide rings is 1. The maximum absolute atomic E-state index is 12.4. The maximum atomic E-state index is 12.4. The highest BCUT2D eigenvalue weighted by atomic mass is 79.9. The predicted molar refractivity (Wildman–Crippen MR) is 102 cm³/mol. The van der Waals surface area contributed by atoms with Gasteiger partial charge in [0.1, 0.15) is 6.73 Å². The minimum absolute atomic E-state index is 0.176. The van der Waals surface area contributed by atoms with E-state index in [9.17, 15) is 4.79 Å². The maximum Gasteiger partial charge on any atom is 0.275 e. The van der Waals surface area contributed by atoms with Crippen LogP contribution in [0.25, 0.3) is 5.78 Å². The molecule has 0 aromatic carbocycles. The van der Waals surface area contributed by atoms with E-state index in [2.05, 4.69) is 52.6 Å². The molecule has 0 radical (unpaired) electrons. The van der Waals surface area contributed by atoms with E-state index in [0.29, 0.717) is 30.0 Å². The Labute approximate surface area is 156 Å². The van der Waals surface area contributed by atoms with Crippen molar-refractivity contribution in [3.8, 4) is 0 Å². The van der Waals surface area contributed by atoms with E-state index in [4.69, 9.17) is 9.47 Å². The van der Waals surface area contributed by atoms with Crippen molar-refractivity contribution in [1.82, 2.24) is 19.2 Å². The summed E-state index contributed by atoms with van der Waals surface area (Å²) in [7, 11) is -1.14. The average molecular weight is 429 g/mol. The summed E-state index contributed by atoms with van der Waals surface area (Å²) in [5.41, 5.74) is 0.742. The van der Waals surface area contributed by atoms with Gasteiger partial charge in [0.05, 0.1) is 12.7 Å². The zero-order chi connectivity index (χ0) is 18.2. The van der Waals surface area contributed by atoms with E-state index in [0.717, 1.165) is 24.8 Å². The smallest absolute Gasteiger partial charge is 0.275 e. The van der Waals surface area contributed by atoms with E-state index in [1.54, 1.807) is 6.07 Å². The van der Waals surface area contributed by atoms with Gasteiger partial charge < -0.3 is 9.47 Å². The lowest BCUT2D eigenvalue weighted by Crippen LogP contribution is -2.25. The average Bonchev–Trinajstić information content (AvgIpc) is 3.22. The molecule has 0 spiro atoms. The standard InChI is InChI=1S/C16H25BrN4O3Si/c1-11(7-12-9-24-12)13-8-14(22)21-16(18-15(17)19-21)20(13)10-23-5-6-25(2,3)4/h8,11-12H,5-7,9-10H2,1-4H3. The van der Waals surface area contributed by atoms with Crippen molar-refractivity contribution in [2.75, 3.05) is 13.2 Å². The summed E-state index contributed by atoms with van der Waals surface area (Å²) in [5, 5.41) is 4.13. The second kappa shape index (κ2) is 7.30. The zero-order valence-corrected chi connectivity index (χ0v) is 17.7. The minimum atomic E-state index is -1.14. The first kappa shape index (κ1) is 18.7. The Hall–Kier alpha value is -1.03. The molecule has 0 aliphatic carbocycles. The quantitative estimate of drug-likeness (QED) is 0.367. The lowest BCUT2D eigenvalue weighted by Gasteiger charge is -2.20. The number of rotatable bonds is 8. The summed E-state index contributed by atoms with van der Waals surface area (Å²) >= 11 is 3.26. The van der Waals surface area contributed by atoms with Crippen LogP contribution in [0.15, 0.2) is 15.6 Å². The second-order valence-corrected chi connectivity index (χ2v) is 14.2. The Morgan fingerprint density at radius 1 is 1.48 bits per heavy atom. The van der Waals surface area contributed by atoms with Crippen molar-refractivity contribution < 1.29 is 9.47 Å². The van der Waals surface area contributed by atoms with E-state index < -0.39 is 8.07 Å². The molecule has 3 heterocycles. The molecule has 1 saturated heterocycles. The van der Waals surface area contributed by atoms with Gasteiger partial charge in [0.25, 0.3) is 5.56 Å². The number of aromatic nitrogens is 4. The van der Waals surface area contributed by atoms with Crippen LogP contribution in [-0.2, 0) is 16.2 Å². The van der Waals surface area contributed by atoms with E-state index in [-0.39, 0.29) is 11.5 Å². The van der Waals surface area contributed by atoms with Crippen LogP contribution in [0.5, 0.6) is 0 Å². The summed E-state index contributed by atoms with van der Waals surface area (Å²) in [5.74, 6) is 0.687. The normalized spacial score (nSPS) is 18.7. The summed E-state index contributed by atoms with van der Waals surface area (Å²) in [6, 6.07) is 2.74. The molecule has 138 valence electrons. The zero-order valence-electron chi connectivity index (χ0n) is 15.2. The number of nitrogens with zero attached hydrogens (tertiary/aromatic N) is 4. The fourth-order valence-corrected chi connectivity index (χ4v) is 3.85. The summed E-state index contributed by atoms with van der Waals surface area (Å²) in [6.07, 6.45) is 1.19. The van der Waals surface area contributed by atoms with E-state index in [1.807, 2.05) is 4.57 Å². The van der Waals surface area contributed by atoms with Crippen LogP contribution in [0.4, 0.5) is 0 Å². The first-order valence-electron chi connectivity index (χ1n) is 8.60. The molecule has 0 amide bonds. The summed E-state index contributed by atoms with van der Waals surface area (Å²) in [4.78, 5) is 16.8. The third-order valence-corrected chi connectivity index (χ3v) is 6.38. The van der Waals surface area contributed by atoms with Crippen LogP contribution in [-0.4, -0.2) is 46.6 Å². The Morgan fingerprint density at radius 3 is 2.84 bits per heavy atom. The molecule has 2 unspecified atom stereocenters. The molecule has 2 atom stereocenters. The van der Waals surface area contributed by atoms with Gasteiger partial charge in [-0.2, -0.15) is 9.50 Å². The highest BCUT2D eigenvalue weighted by Crippen LogP contribution is 2.27. The van der Waals surface area contributed by atoms with Gasteiger partial charge in [-0.05, 0) is 34.3 Å². The largest absolute Gasteiger partial charge is 0.373 e. The summed E-state index contributed by atoms with van der Waals surface area (Å²) < 4.78 is 14.9. The highest BCUT2D eigenvalue weighted by molar-refractivity contribution is 9.10. The fourth-order valence-electron chi connectivity index (χ4n) is 2.78. The molecule has 2 aromatic rings. The molecular formula is C16H25BrN4O3Si. The highest BCUT2D eigenvalue weighted by Gasteiger charge is 2.27. The van der Waals surface area contributed by atoms with E-state index in [1.165, 1.54) is 4.52 Å². The van der Waals surface area contributed by atoms with Crippen molar-refractivity contribution in [2.45, 2.75) is 57.8 Å². The molecule has 7 nitrogen and oxygen atoms in total. The number of fused-ring (bicyclic) bond motifs is 1. The first-order chi connectivity index (χ1) is 11.7. The van der Waals surface area contributed by atoms with Crippen LogP contribution in [0, 0.1) is 0 Å². The SMILES string of the molecule is CC(CC1CO1)c1cc(=O)n2nc(Br)nc2n1COCC[Si](C)(C)C. The van der Waals surface area contributed by atoms with Gasteiger partial charge in [0.15, 0.2) is 0 Å². The van der Waals surface area contributed by atoms with Crippen LogP contribution in [0.3, 0.4) is 0 Å². The molecule has 9 heteroatoms. The number of ether oxygens (including phenoxy) is 2. The predicted octanol–water partition coefficient (Wildman–Crippen LogP) is 2.86. The van der Waals surface area contributed by atoms with Crippen molar-refractivity contribution in [3.05, 3.63) is 26.8 Å². The third-order valence-electron chi connectivity index (χ3n) is 4.34. The minimum Gasteiger partial charge on any atom is -0.373 e. The Balaban J connectivity index is 1.88. The monoisotopic (exact) mass is 428 g/mol. The molecular weight excluding hydrogens is 404 g/mol. The van der Waals surface area contributed by atoms with Crippen LogP contribution >= 0.6 is 15.9 Å². The fraction of sp³-hybridized carbons (Fsp3) is 0.688. The topological polar surface area (TPSA) is 74.0 Å². The molecule has 25 heavy (non-hydrogen) atoms. The number of hydrogen-bond acceptors (Lipinski definition) is 5. The van der Waals surface area contributed by atoms with Gasteiger partial charge in [0.2, 0.25) is 10.5 Å². The lowest BCUT2D eigenvalue weighted by atomic mass is 10.0. The lowest BCUT2D eigenvalue weighted by molar-refractivity contribution is 0.0857. The van der Waals surface area contributed by atoms with E-state index >= 15 is 0 Å². The third kappa shape index (κ3) is 4.78. The Morgan fingerprint density at radius 2 is 2.20 bits per heavy atom. The molecule has 0 N–H and O–H groups in total. The molecule has 0 saturated carbocycles. The van der Waals surface area contributed by atoms with Gasteiger partial charge in [-0.3, -0.25) is 9.36 Å². The van der Waals surface area contributed by atoms with Gasteiger partial charge >= 0.3 is 0 Å². The molecule has 1 aliphatic heterocycles. The first-order valence-corrected chi connectivity index (χ1v) is 13.1. The van der Waals surface area contributed by atoms with Gasteiger partial charge in [-0.15, -0.1) is 5.10 Å². The molecule has 3 rings (SSSR count). The molecule has 2 aromatic heterocycles. The Kier molecular flexibility index (Phi) is 5.47. The molecule has 0 bridgehead atoms. The van der Waals surface area contributed by atoms with Gasteiger partial charge in [0, 0.05) is 26.4 Å². The van der Waals surface area contributed by atoms with Crippen LogP contribution in [0.1, 0.15) is 25.0 Å². The van der Waals surface area contributed by atoms with Gasteiger partial charge in [-0.25, -0.2) is 0 Å². The number of halogens is 1. The van der Waals surface area contributed by atoms with Crippen LogP contribution < -0.4 is 5.56 Å².